The topological polar surface area (TPSA) is 74.8 Å². The third-order valence-electron chi connectivity index (χ3n) is 3.65. The molecule has 0 saturated heterocycles. The lowest BCUT2D eigenvalue weighted by Gasteiger charge is -2.18. The molecule has 6 nitrogen and oxygen atoms in total. The molecule has 0 spiro atoms. The molecule has 1 aliphatic rings. The van der Waals surface area contributed by atoms with E-state index in [-0.39, 0.29) is 18.6 Å². The van der Waals surface area contributed by atoms with Crippen molar-refractivity contribution in [1.82, 2.24) is 16.0 Å². The van der Waals surface area contributed by atoms with Crippen molar-refractivity contribution in [1.29, 1.82) is 0 Å². The fourth-order valence-corrected chi connectivity index (χ4v) is 2.18. The number of ether oxygens (including phenoxy) is 1. The minimum atomic E-state index is -0.0288. The van der Waals surface area contributed by atoms with Gasteiger partial charge in [0.2, 0.25) is 5.91 Å². The number of hydrogen-bond acceptors (Lipinski definition) is 3. The lowest BCUT2D eigenvalue weighted by molar-refractivity contribution is -0.119. The number of guanidine groups is 1. The Bertz CT molecular complexity index is 570. The first-order valence-corrected chi connectivity index (χ1v) is 8.62. The number of carbonyl (C=O) groups is 1. The third kappa shape index (κ3) is 6.48. The van der Waals surface area contributed by atoms with E-state index in [1.54, 1.807) is 0 Å². The zero-order valence-electron chi connectivity index (χ0n) is 14.8. The number of benzene rings is 1. The van der Waals surface area contributed by atoms with Crippen LogP contribution in [0.2, 0.25) is 0 Å². The maximum atomic E-state index is 11.7. The van der Waals surface area contributed by atoms with Crippen LogP contribution < -0.4 is 20.7 Å². The second-order valence-electron chi connectivity index (χ2n) is 6.11. The number of rotatable bonds is 8. The van der Waals surface area contributed by atoms with Crippen molar-refractivity contribution >= 4 is 11.9 Å². The minimum Gasteiger partial charge on any atom is -0.489 e. The van der Waals surface area contributed by atoms with Crippen LogP contribution in [0.3, 0.4) is 0 Å². The van der Waals surface area contributed by atoms with Crippen LogP contribution in [0.1, 0.15) is 32.3 Å². The maximum absolute atomic E-state index is 11.7. The summed E-state index contributed by atoms with van der Waals surface area (Å²) in [6.45, 7) is 7.50. The van der Waals surface area contributed by atoms with Crippen LogP contribution in [0.25, 0.3) is 0 Å². The molecule has 1 aromatic carbocycles. The van der Waals surface area contributed by atoms with Crippen LogP contribution in [0, 0.1) is 6.92 Å². The highest BCUT2D eigenvalue weighted by atomic mass is 16.5. The van der Waals surface area contributed by atoms with Crippen molar-refractivity contribution in [2.75, 3.05) is 19.6 Å². The van der Waals surface area contributed by atoms with Gasteiger partial charge in [0, 0.05) is 12.6 Å². The van der Waals surface area contributed by atoms with Gasteiger partial charge < -0.3 is 20.7 Å². The molecule has 3 N–H and O–H groups in total. The number of para-hydroxylation sites is 1. The third-order valence-corrected chi connectivity index (χ3v) is 3.65. The molecule has 2 rings (SSSR count). The molecule has 1 unspecified atom stereocenters. The van der Waals surface area contributed by atoms with Gasteiger partial charge in [-0.25, -0.2) is 4.99 Å². The molecule has 0 aliphatic heterocycles. The number of nitrogens with one attached hydrogen (secondary N) is 3. The molecule has 6 heteroatoms. The summed E-state index contributed by atoms with van der Waals surface area (Å²) in [6, 6.07) is 8.32. The average molecular weight is 332 g/mol. The van der Waals surface area contributed by atoms with Crippen LogP contribution >= 0.6 is 0 Å². The summed E-state index contributed by atoms with van der Waals surface area (Å²) < 4.78 is 5.94. The fraction of sp³-hybridized carbons (Fsp3) is 0.556. The number of aryl methyl sites for hydroxylation is 1. The Hall–Kier alpha value is -2.24. The molecule has 0 radical (unpaired) electrons. The van der Waals surface area contributed by atoms with Gasteiger partial charge >= 0.3 is 0 Å². The predicted octanol–water partition coefficient (Wildman–Crippen LogP) is 1.60. The summed E-state index contributed by atoms with van der Waals surface area (Å²) in [5.41, 5.74) is 1.11. The number of amides is 1. The van der Waals surface area contributed by atoms with Gasteiger partial charge in [-0.3, -0.25) is 4.79 Å². The van der Waals surface area contributed by atoms with E-state index < -0.39 is 0 Å². The highest BCUT2D eigenvalue weighted by molar-refractivity contribution is 5.85. The van der Waals surface area contributed by atoms with Crippen LogP contribution in [0.15, 0.2) is 29.3 Å². The van der Waals surface area contributed by atoms with E-state index >= 15 is 0 Å². The van der Waals surface area contributed by atoms with Crippen molar-refractivity contribution in [3.05, 3.63) is 29.8 Å². The fourth-order valence-electron chi connectivity index (χ4n) is 2.18. The van der Waals surface area contributed by atoms with E-state index in [0.29, 0.717) is 18.5 Å². The van der Waals surface area contributed by atoms with Crippen molar-refractivity contribution in [2.24, 2.45) is 4.99 Å². The number of carbonyl (C=O) groups excluding carboxylic acids is 1. The van der Waals surface area contributed by atoms with Crippen molar-refractivity contribution in [3.8, 4) is 5.75 Å². The Morgan fingerprint density at radius 3 is 2.75 bits per heavy atom. The normalized spacial score (nSPS) is 15.5. The molecule has 1 atom stereocenters. The highest BCUT2D eigenvalue weighted by Crippen LogP contribution is 2.18. The second kappa shape index (κ2) is 9.15. The molecule has 1 saturated carbocycles. The average Bonchev–Trinajstić information content (AvgIpc) is 3.36. The van der Waals surface area contributed by atoms with Gasteiger partial charge in [0.25, 0.3) is 0 Å². The Kier molecular flexibility index (Phi) is 6.90. The smallest absolute Gasteiger partial charge is 0.242 e. The zero-order chi connectivity index (χ0) is 17.4. The van der Waals surface area contributed by atoms with E-state index in [4.69, 9.17) is 4.74 Å². The Balaban J connectivity index is 1.78. The standard InChI is InChI=1S/C18H28N4O2/c1-4-19-18(21-12-17(23)22-15-9-10-15)20-11-14(3)24-16-8-6-5-7-13(16)2/h5-8,14-15H,4,9-12H2,1-3H3,(H,22,23)(H2,19,20,21). The SMILES string of the molecule is CCNC(=NCC(=O)NC1CC1)NCC(C)Oc1ccccc1C. The van der Waals surface area contributed by atoms with Gasteiger partial charge in [-0.05, 0) is 45.2 Å². The Morgan fingerprint density at radius 1 is 1.33 bits per heavy atom. The molecule has 1 aliphatic carbocycles. The molecule has 1 aromatic rings. The van der Waals surface area contributed by atoms with E-state index in [9.17, 15) is 4.79 Å². The lowest BCUT2D eigenvalue weighted by Crippen LogP contribution is -2.42. The predicted molar refractivity (Wildman–Crippen MR) is 96.4 cm³/mol. The van der Waals surface area contributed by atoms with Gasteiger partial charge in [-0.15, -0.1) is 0 Å². The molecule has 1 amide bonds. The first-order chi connectivity index (χ1) is 11.6. The molecule has 0 bridgehead atoms. The van der Waals surface area contributed by atoms with Crippen LogP contribution in [-0.4, -0.2) is 43.6 Å². The molecule has 0 heterocycles. The summed E-state index contributed by atoms with van der Waals surface area (Å²) >= 11 is 0. The Morgan fingerprint density at radius 2 is 2.08 bits per heavy atom. The first kappa shape index (κ1) is 18.1. The summed E-state index contributed by atoms with van der Waals surface area (Å²) in [4.78, 5) is 16.0. The molecular formula is C18H28N4O2. The maximum Gasteiger partial charge on any atom is 0.242 e. The number of nitrogens with zero attached hydrogens (tertiary/aromatic N) is 1. The van der Waals surface area contributed by atoms with Crippen LogP contribution in [-0.2, 0) is 4.79 Å². The number of hydrogen-bond donors (Lipinski definition) is 3. The number of aliphatic imine (C=N–C) groups is 1. The summed E-state index contributed by atoms with van der Waals surface area (Å²) in [6.07, 6.45) is 2.15. The van der Waals surface area contributed by atoms with E-state index in [1.807, 2.05) is 45.0 Å². The van der Waals surface area contributed by atoms with Gasteiger partial charge in [-0.2, -0.15) is 0 Å². The summed E-state index contributed by atoms with van der Waals surface area (Å²) in [5, 5.41) is 9.29. The van der Waals surface area contributed by atoms with E-state index in [2.05, 4.69) is 20.9 Å². The van der Waals surface area contributed by atoms with E-state index in [1.165, 1.54) is 0 Å². The van der Waals surface area contributed by atoms with Gasteiger partial charge in [0.05, 0.1) is 6.54 Å². The minimum absolute atomic E-state index is 0.0183. The monoisotopic (exact) mass is 332 g/mol. The van der Waals surface area contributed by atoms with Crippen molar-refractivity contribution in [2.45, 2.75) is 45.8 Å². The quantitative estimate of drug-likeness (QED) is 0.499. The van der Waals surface area contributed by atoms with Crippen molar-refractivity contribution < 1.29 is 9.53 Å². The molecule has 132 valence electrons. The second-order valence-corrected chi connectivity index (χ2v) is 6.11. The zero-order valence-corrected chi connectivity index (χ0v) is 14.8. The van der Waals surface area contributed by atoms with E-state index in [0.717, 1.165) is 30.7 Å². The van der Waals surface area contributed by atoms with Gasteiger partial charge in [0.15, 0.2) is 5.96 Å². The largest absolute Gasteiger partial charge is 0.489 e. The summed E-state index contributed by atoms with van der Waals surface area (Å²) in [5.74, 6) is 1.49. The van der Waals surface area contributed by atoms with Gasteiger partial charge in [0.1, 0.15) is 18.4 Å². The first-order valence-electron chi connectivity index (χ1n) is 8.62. The van der Waals surface area contributed by atoms with Gasteiger partial charge in [-0.1, -0.05) is 18.2 Å². The summed E-state index contributed by atoms with van der Waals surface area (Å²) in [7, 11) is 0. The molecule has 24 heavy (non-hydrogen) atoms. The van der Waals surface area contributed by atoms with Crippen molar-refractivity contribution in [3.63, 3.8) is 0 Å². The molecular weight excluding hydrogens is 304 g/mol. The molecule has 1 fully saturated rings. The van der Waals surface area contributed by atoms with Crippen LogP contribution in [0.4, 0.5) is 0 Å². The lowest BCUT2D eigenvalue weighted by atomic mass is 10.2. The Labute approximate surface area is 144 Å². The highest BCUT2D eigenvalue weighted by Gasteiger charge is 2.22. The molecule has 0 aromatic heterocycles. The van der Waals surface area contributed by atoms with Crippen LogP contribution in [0.5, 0.6) is 5.75 Å².